The lowest BCUT2D eigenvalue weighted by atomic mass is 10.0. The number of benzene rings is 3. The highest BCUT2D eigenvalue weighted by atomic mass is 32.2. The molecule has 174 valence electrons. The number of ketones is 1. The highest BCUT2D eigenvalue weighted by Gasteiger charge is 2.15. The Morgan fingerprint density at radius 2 is 1.88 bits per heavy atom. The molecule has 3 aromatic carbocycles. The van der Waals surface area contributed by atoms with Gasteiger partial charge in [0.2, 0.25) is 5.91 Å². The topological polar surface area (TPSA) is 86.1 Å². The number of nitrogens with zero attached hydrogens (tertiary/aromatic N) is 3. The van der Waals surface area contributed by atoms with Crippen LogP contribution in [0.5, 0.6) is 5.75 Å². The van der Waals surface area contributed by atoms with Crippen LogP contribution in [-0.2, 0) is 17.9 Å². The van der Waals surface area contributed by atoms with Gasteiger partial charge in [0.1, 0.15) is 12.4 Å². The number of fused-ring (bicyclic) bond motifs is 1. The summed E-state index contributed by atoms with van der Waals surface area (Å²) in [5.41, 5.74) is 2.23. The number of ether oxygens (including phenoxy) is 1. The van der Waals surface area contributed by atoms with Gasteiger partial charge in [0.15, 0.2) is 16.8 Å². The van der Waals surface area contributed by atoms with Crippen molar-refractivity contribution in [1.29, 1.82) is 0 Å². The third-order valence-corrected chi connectivity index (χ3v) is 6.47. The molecule has 0 unspecified atom stereocenters. The molecule has 7 nitrogen and oxygen atoms in total. The van der Waals surface area contributed by atoms with E-state index in [1.165, 1.54) is 24.1 Å². The summed E-state index contributed by atoms with van der Waals surface area (Å²) >= 11 is 1.31. The second-order valence-electron chi connectivity index (χ2n) is 7.82. The predicted molar refractivity (Wildman–Crippen MR) is 135 cm³/mol. The number of aryl methyl sites for hydroxylation is 1. The Bertz CT molecular complexity index is 1350. The van der Waals surface area contributed by atoms with Crippen molar-refractivity contribution >= 4 is 39.9 Å². The van der Waals surface area contributed by atoms with Gasteiger partial charge in [-0.25, -0.2) is 0 Å². The van der Waals surface area contributed by atoms with Crippen molar-refractivity contribution in [2.45, 2.75) is 39.1 Å². The molecule has 34 heavy (non-hydrogen) atoms. The van der Waals surface area contributed by atoms with Gasteiger partial charge in [-0.15, -0.1) is 10.2 Å². The molecule has 1 N–H and O–H groups in total. The standard InChI is InChI=1S/C26H26N4O3S/c1-4-30-24(15-33-23-13-12-19-8-5-6-11-22(19)17(23)2)28-29-26(30)34-16-25(32)27-21-10-7-9-20(14-21)18(3)31/h5-14H,4,15-16H2,1-3H3,(H,27,32). The molecule has 0 saturated carbocycles. The summed E-state index contributed by atoms with van der Waals surface area (Å²) in [6.45, 7) is 6.49. The first kappa shape index (κ1) is 23.5. The average Bonchev–Trinajstić information content (AvgIpc) is 3.24. The Kier molecular flexibility index (Phi) is 7.27. The second kappa shape index (κ2) is 10.5. The monoisotopic (exact) mass is 474 g/mol. The number of carbonyl (C=O) groups excluding carboxylic acids is 2. The zero-order valence-corrected chi connectivity index (χ0v) is 20.2. The first-order valence-electron chi connectivity index (χ1n) is 11.0. The molecule has 1 heterocycles. The van der Waals surface area contributed by atoms with Crippen LogP contribution in [0, 0.1) is 6.92 Å². The number of Topliss-reactive ketones (excluding diaryl/α,β-unsaturated/α-hetero) is 1. The van der Waals surface area contributed by atoms with Gasteiger partial charge in [0, 0.05) is 17.8 Å². The quantitative estimate of drug-likeness (QED) is 0.263. The van der Waals surface area contributed by atoms with Gasteiger partial charge < -0.3 is 14.6 Å². The Hall–Kier alpha value is -3.65. The summed E-state index contributed by atoms with van der Waals surface area (Å²) in [4.78, 5) is 24.0. The normalized spacial score (nSPS) is 10.9. The molecule has 4 rings (SSSR count). The van der Waals surface area contributed by atoms with E-state index in [2.05, 4.69) is 27.6 Å². The number of amides is 1. The maximum absolute atomic E-state index is 12.4. The van der Waals surface area contributed by atoms with Crippen LogP contribution in [-0.4, -0.2) is 32.2 Å². The van der Waals surface area contributed by atoms with Crippen molar-refractivity contribution in [2.24, 2.45) is 0 Å². The molecule has 4 aromatic rings. The summed E-state index contributed by atoms with van der Waals surface area (Å²) in [7, 11) is 0. The number of anilines is 1. The van der Waals surface area contributed by atoms with E-state index < -0.39 is 0 Å². The van der Waals surface area contributed by atoms with Crippen molar-refractivity contribution in [2.75, 3.05) is 11.1 Å². The Morgan fingerprint density at radius 1 is 1.06 bits per heavy atom. The molecule has 0 fully saturated rings. The number of aromatic nitrogens is 3. The zero-order valence-electron chi connectivity index (χ0n) is 19.4. The summed E-state index contributed by atoms with van der Waals surface area (Å²) in [5, 5.41) is 14.4. The van der Waals surface area contributed by atoms with E-state index in [-0.39, 0.29) is 24.1 Å². The molecule has 0 atom stereocenters. The fourth-order valence-electron chi connectivity index (χ4n) is 3.70. The molecular formula is C26H26N4O3S. The van der Waals surface area contributed by atoms with Gasteiger partial charge in [0.25, 0.3) is 0 Å². The van der Waals surface area contributed by atoms with Crippen LogP contribution in [0.3, 0.4) is 0 Å². The van der Waals surface area contributed by atoms with Crippen LogP contribution in [0.15, 0.2) is 65.8 Å². The lowest BCUT2D eigenvalue weighted by Crippen LogP contribution is -2.15. The SMILES string of the molecule is CCn1c(COc2ccc3ccccc3c2C)nnc1SCC(=O)Nc1cccc(C(C)=O)c1. The number of thioether (sulfide) groups is 1. The van der Waals surface area contributed by atoms with Gasteiger partial charge in [-0.3, -0.25) is 9.59 Å². The van der Waals surface area contributed by atoms with Crippen LogP contribution in [0.2, 0.25) is 0 Å². The smallest absolute Gasteiger partial charge is 0.234 e. The minimum atomic E-state index is -0.180. The molecular weight excluding hydrogens is 448 g/mol. The van der Waals surface area contributed by atoms with Gasteiger partial charge in [-0.2, -0.15) is 0 Å². The highest BCUT2D eigenvalue weighted by Crippen LogP contribution is 2.28. The number of nitrogens with one attached hydrogen (secondary N) is 1. The van der Waals surface area contributed by atoms with Gasteiger partial charge in [0.05, 0.1) is 5.75 Å². The van der Waals surface area contributed by atoms with E-state index in [4.69, 9.17) is 4.74 Å². The fraction of sp³-hybridized carbons (Fsp3) is 0.231. The average molecular weight is 475 g/mol. The Labute approximate surface area is 202 Å². The third kappa shape index (κ3) is 5.28. The number of hydrogen-bond donors (Lipinski definition) is 1. The minimum absolute atomic E-state index is 0.0462. The van der Waals surface area contributed by atoms with E-state index in [1.807, 2.05) is 42.7 Å². The van der Waals surface area contributed by atoms with Crippen molar-refractivity contribution in [3.05, 3.63) is 77.6 Å². The molecule has 0 aliphatic rings. The van der Waals surface area contributed by atoms with Crippen LogP contribution in [0.1, 0.15) is 35.6 Å². The van der Waals surface area contributed by atoms with Crippen molar-refractivity contribution < 1.29 is 14.3 Å². The summed E-state index contributed by atoms with van der Waals surface area (Å²) in [5.74, 6) is 1.46. The number of carbonyl (C=O) groups is 2. The van der Waals surface area contributed by atoms with Crippen molar-refractivity contribution in [3.63, 3.8) is 0 Å². The summed E-state index contributed by atoms with van der Waals surface area (Å²) in [6, 6.07) is 19.1. The summed E-state index contributed by atoms with van der Waals surface area (Å²) in [6.07, 6.45) is 0. The molecule has 0 saturated heterocycles. The third-order valence-electron chi connectivity index (χ3n) is 5.50. The molecule has 0 bridgehead atoms. The first-order valence-corrected chi connectivity index (χ1v) is 12.0. The van der Waals surface area contributed by atoms with E-state index in [1.54, 1.807) is 24.3 Å². The second-order valence-corrected chi connectivity index (χ2v) is 8.76. The fourth-order valence-corrected chi connectivity index (χ4v) is 4.52. The van der Waals surface area contributed by atoms with Gasteiger partial charge in [-0.1, -0.05) is 54.2 Å². The molecule has 8 heteroatoms. The Balaban J connectivity index is 1.39. The molecule has 1 aromatic heterocycles. The maximum Gasteiger partial charge on any atom is 0.234 e. The number of rotatable bonds is 9. The largest absolute Gasteiger partial charge is 0.485 e. The van der Waals surface area contributed by atoms with Crippen molar-refractivity contribution in [3.8, 4) is 5.75 Å². The van der Waals surface area contributed by atoms with Crippen LogP contribution in [0.25, 0.3) is 10.8 Å². The maximum atomic E-state index is 12.4. The van der Waals surface area contributed by atoms with E-state index in [0.717, 1.165) is 16.7 Å². The predicted octanol–water partition coefficient (Wildman–Crippen LogP) is 5.27. The van der Waals surface area contributed by atoms with Crippen LogP contribution >= 0.6 is 11.8 Å². The lowest BCUT2D eigenvalue weighted by molar-refractivity contribution is -0.113. The van der Waals surface area contributed by atoms with Crippen molar-refractivity contribution in [1.82, 2.24) is 14.8 Å². The molecule has 0 radical (unpaired) electrons. The zero-order chi connectivity index (χ0) is 24.1. The molecule has 1 amide bonds. The van der Waals surface area contributed by atoms with E-state index >= 15 is 0 Å². The minimum Gasteiger partial charge on any atom is -0.485 e. The van der Waals surface area contributed by atoms with Crippen LogP contribution in [0.4, 0.5) is 5.69 Å². The first-order chi connectivity index (χ1) is 16.5. The molecule has 0 aliphatic heterocycles. The number of hydrogen-bond acceptors (Lipinski definition) is 6. The van der Waals surface area contributed by atoms with Gasteiger partial charge >= 0.3 is 0 Å². The van der Waals surface area contributed by atoms with Gasteiger partial charge in [-0.05, 0) is 55.3 Å². The highest BCUT2D eigenvalue weighted by molar-refractivity contribution is 7.99. The van der Waals surface area contributed by atoms with Crippen LogP contribution < -0.4 is 10.1 Å². The summed E-state index contributed by atoms with van der Waals surface area (Å²) < 4.78 is 8.03. The van der Waals surface area contributed by atoms with E-state index in [9.17, 15) is 9.59 Å². The van der Waals surface area contributed by atoms with E-state index in [0.29, 0.717) is 28.8 Å². The lowest BCUT2D eigenvalue weighted by Gasteiger charge is -2.12. The molecule has 0 spiro atoms. The Morgan fingerprint density at radius 3 is 2.68 bits per heavy atom. The molecule has 0 aliphatic carbocycles.